The van der Waals surface area contributed by atoms with Crippen molar-refractivity contribution in [2.45, 2.75) is 13.8 Å². The van der Waals surface area contributed by atoms with E-state index in [0.29, 0.717) is 0 Å². The zero-order chi connectivity index (χ0) is 12.7. The van der Waals surface area contributed by atoms with Gasteiger partial charge in [-0.3, -0.25) is 0 Å². The molecule has 0 aliphatic carbocycles. The largest absolute Gasteiger partial charge is 0.301 e. The zero-order valence-electron chi connectivity index (χ0n) is 10.3. The number of pyridine rings is 1. The van der Waals surface area contributed by atoms with E-state index in [1.807, 2.05) is 36.4 Å². The second-order valence-corrected chi connectivity index (χ2v) is 4.85. The molecule has 0 amide bonds. The number of imidazole rings is 1. The first-order valence-electron chi connectivity index (χ1n) is 5.87. The zero-order valence-corrected chi connectivity index (χ0v) is 11.1. The van der Waals surface area contributed by atoms with Gasteiger partial charge in [0.15, 0.2) is 0 Å². The monoisotopic (exact) mass is 256 g/mol. The fourth-order valence-electron chi connectivity index (χ4n) is 2.31. The summed E-state index contributed by atoms with van der Waals surface area (Å²) in [7, 11) is 0. The summed E-state index contributed by atoms with van der Waals surface area (Å²) in [6.45, 7) is 4.18. The number of rotatable bonds is 1. The molecule has 0 radical (unpaired) electrons. The van der Waals surface area contributed by atoms with Gasteiger partial charge in [-0.15, -0.1) is 0 Å². The molecular formula is C15H13ClN2. The molecule has 0 aliphatic heterocycles. The van der Waals surface area contributed by atoms with Crippen LogP contribution in [-0.4, -0.2) is 9.38 Å². The van der Waals surface area contributed by atoms with Gasteiger partial charge in [-0.05, 0) is 38.1 Å². The van der Waals surface area contributed by atoms with E-state index in [4.69, 9.17) is 16.6 Å². The number of nitrogens with zero attached hydrogens (tertiary/aromatic N) is 2. The van der Waals surface area contributed by atoms with Crippen LogP contribution in [0.3, 0.4) is 0 Å². The Morgan fingerprint density at radius 2 is 1.72 bits per heavy atom. The van der Waals surface area contributed by atoms with Crippen molar-refractivity contribution in [3.63, 3.8) is 0 Å². The first-order valence-corrected chi connectivity index (χ1v) is 6.25. The molecule has 90 valence electrons. The van der Waals surface area contributed by atoms with Crippen molar-refractivity contribution in [2.24, 2.45) is 0 Å². The van der Waals surface area contributed by atoms with E-state index in [-0.39, 0.29) is 0 Å². The van der Waals surface area contributed by atoms with Gasteiger partial charge in [0.25, 0.3) is 0 Å². The van der Waals surface area contributed by atoms with Crippen molar-refractivity contribution in [2.75, 3.05) is 0 Å². The van der Waals surface area contributed by atoms with Crippen LogP contribution in [0.25, 0.3) is 16.9 Å². The van der Waals surface area contributed by atoms with Crippen molar-refractivity contribution in [1.82, 2.24) is 9.38 Å². The van der Waals surface area contributed by atoms with E-state index in [2.05, 4.69) is 24.3 Å². The van der Waals surface area contributed by atoms with Gasteiger partial charge in [-0.25, -0.2) is 4.98 Å². The number of aryl methyl sites for hydroxylation is 2. The first-order chi connectivity index (χ1) is 8.66. The van der Waals surface area contributed by atoms with Gasteiger partial charge >= 0.3 is 0 Å². The lowest BCUT2D eigenvalue weighted by atomic mass is 10.1. The Balaban J connectivity index is 2.27. The van der Waals surface area contributed by atoms with Crippen LogP contribution < -0.4 is 0 Å². The highest BCUT2D eigenvalue weighted by molar-refractivity contribution is 6.30. The van der Waals surface area contributed by atoms with Gasteiger partial charge in [0.2, 0.25) is 0 Å². The Bertz CT molecular complexity index is 711. The molecule has 2 aromatic heterocycles. The Morgan fingerprint density at radius 1 is 1.00 bits per heavy atom. The SMILES string of the molecule is Cc1cccc2nc(-c3ccc(Cl)cc3)c(C)n12. The average molecular weight is 257 g/mol. The Labute approximate surface area is 111 Å². The Hall–Kier alpha value is -1.80. The van der Waals surface area contributed by atoms with Crippen molar-refractivity contribution < 1.29 is 0 Å². The lowest BCUT2D eigenvalue weighted by molar-refractivity contribution is 1.04. The van der Waals surface area contributed by atoms with Crippen LogP contribution in [0.4, 0.5) is 0 Å². The molecular weight excluding hydrogens is 244 g/mol. The van der Waals surface area contributed by atoms with Gasteiger partial charge in [0.05, 0.1) is 5.69 Å². The number of halogens is 1. The van der Waals surface area contributed by atoms with Gasteiger partial charge in [-0.2, -0.15) is 0 Å². The minimum atomic E-state index is 0.747. The van der Waals surface area contributed by atoms with Crippen LogP contribution in [0.15, 0.2) is 42.5 Å². The van der Waals surface area contributed by atoms with Crippen LogP contribution >= 0.6 is 11.6 Å². The third-order valence-corrected chi connectivity index (χ3v) is 3.44. The molecule has 0 bridgehead atoms. The molecule has 0 saturated carbocycles. The smallest absolute Gasteiger partial charge is 0.137 e. The fourth-order valence-corrected chi connectivity index (χ4v) is 2.44. The highest BCUT2D eigenvalue weighted by Gasteiger charge is 2.11. The molecule has 3 aromatic rings. The third kappa shape index (κ3) is 1.70. The molecule has 0 spiro atoms. The molecule has 3 heteroatoms. The van der Waals surface area contributed by atoms with Gasteiger partial charge < -0.3 is 4.40 Å². The molecule has 2 nitrogen and oxygen atoms in total. The average Bonchev–Trinajstić information content (AvgIpc) is 2.69. The molecule has 0 atom stereocenters. The molecule has 2 heterocycles. The molecule has 3 rings (SSSR count). The van der Waals surface area contributed by atoms with E-state index in [9.17, 15) is 0 Å². The first kappa shape index (κ1) is 11.3. The summed E-state index contributed by atoms with van der Waals surface area (Å²) in [5.74, 6) is 0. The standard InChI is InChI=1S/C15H13ClN2/c1-10-4-3-5-14-17-15(11(2)18(10)14)12-6-8-13(16)9-7-12/h3-9H,1-2H3. The number of fused-ring (bicyclic) bond motifs is 1. The molecule has 0 fully saturated rings. The minimum Gasteiger partial charge on any atom is -0.301 e. The molecule has 1 aromatic carbocycles. The van der Waals surface area contributed by atoms with Crippen molar-refractivity contribution in [1.29, 1.82) is 0 Å². The van der Waals surface area contributed by atoms with Crippen LogP contribution in [0.5, 0.6) is 0 Å². The molecule has 18 heavy (non-hydrogen) atoms. The highest BCUT2D eigenvalue weighted by atomic mass is 35.5. The Morgan fingerprint density at radius 3 is 2.39 bits per heavy atom. The van der Waals surface area contributed by atoms with E-state index >= 15 is 0 Å². The minimum absolute atomic E-state index is 0.747. The van der Waals surface area contributed by atoms with Crippen molar-refractivity contribution in [3.05, 3.63) is 58.9 Å². The topological polar surface area (TPSA) is 17.3 Å². The summed E-state index contributed by atoms with van der Waals surface area (Å²) in [5.41, 5.74) is 5.45. The summed E-state index contributed by atoms with van der Waals surface area (Å²) in [5, 5.41) is 0.747. The molecule has 0 saturated heterocycles. The van der Waals surface area contributed by atoms with Crippen LogP contribution in [-0.2, 0) is 0 Å². The summed E-state index contributed by atoms with van der Waals surface area (Å²) in [6.07, 6.45) is 0. The van der Waals surface area contributed by atoms with Crippen LogP contribution in [0.1, 0.15) is 11.4 Å². The molecule has 0 aliphatic rings. The predicted octanol–water partition coefficient (Wildman–Crippen LogP) is 4.27. The van der Waals surface area contributed by atoms with Crippen LogP contribution in [0, 0.1) is 13.8 Å². The maximum atomic E-state index is 5.92. The van der Waals surface area contributed by atoms with Crippen LogP contribution in [0.2, 0.25) is 5.02 Å². The maximum absolute atomic E-state index is 5.92. The van der Waals surface area contributed by atoms with E-state index in [1.54, 1.807) is 0 Å². The molecule has 0 N–H and O–H groups in total. The van der Waals surface area contributed by atoms with E-state index in [0.717, 1.165) is 27.6 Å². The van der Waals surface area contributed by atoms with Gasteiger partial charge in [0.1, 0.15) is 5.65 Å². The number of hydrogen-bond donors (Lipinski definition) is 0. The van der Waals surface area contributed by atoms with E-state index < -0.39 is 0 Å². The lowest BCUT2D eigenvalue weighted by Gasteiger charge is -2.02. The van der Waals surface area contributed by atoms with E-state index in [1.165, 1.54) is 5.69 Å². The van der Waals surface area contributed by atoms with Crippen molar-refractivity contribution >= 4 is 17.2 Å². The van der Waals surface area contributed by atoms with Gasteiger partial charge in [0, 0.05) is 22.0 Å². The van der Waals surface area contributed by atoms with Gasteiger partial charge in [-0.1, -0.05) is 29.8 Å². The summed E-state index contributed by atoms with van der Waals surface area (Å²) < 4.78 is 2.17. The summed E-state index contributed by atoms with van der Waals surface area (Å²) >= 11 is 5.92. The maximum Gasteiger partial charge on any atom is 0.137 e. The summed E-state index contributed by atoms with van der Waals surface area (Å²) in [4.78, 5) is 4.69. The lowest BCUT2D eigenvalue weighted by Crippen LogP contribution is -1.92. The number of hydrogen-bond acceptors (Lipinski definition) is 1. The predicted molar refractivity (Wildman–Crippen MR) is 75.1 cm³/mol. The number of aromatic nitrogens is 2. The summed E-state index contributed by atoms with van der Waals surface area (Å²) in [6, 6.07) is 14.0. The second kappa shape index (κ2) is 4.14. The van der Waals surface area contributed by atoms with Crippen molar-refractivity contribution in [3.8, 4) is 11.3 Å². The fraction of sp³-hybridized carbons (Fsp3) is 0.133. The molecule has 0 unspecified atom stereocenters. The third-order valence-electron chi connectivity index (χ3n) is 3.19. The highest BCUT2D eigenvalue weighted by Crippen LogP contribution is 2.25. The number of benzene rings is 1. The second-order valence-electron chi connectivity index (χ2n) is 4.41. The Kier molecular flexibility index (Phi) is 2.60. The normalized spacial score (nSPS) is 11.1. The quantitative estimate of drug-likeness (QED) is 0.636.